The minimum atomic E-state index is -0.518. The zero-order chi connectivity index (χ0) is 13.7. The summed E-state index contributed by atoms with van der Waals surface area (Å²) in [7, 11) is 0. The van der Waals surface area contributed by atoms with Gasteiger partial charge in [0.1, 0.15) is 4.88 Å². The number of nitrogens with zero attached hydrogens (tertiary/aromatic N) is 1. The normalized spacial score (nSPS) is 15.9. The van der Waals surface area contributed by atoms with Crippen molar-refractivity contribution in [3.8, 4) is 0 Å². The molecule has 2 N–H and O–H groups in total. The Bertz CT molecular complexity index is 450. The first-order valence-corrected chi connectivity index (χ1v) is 7.34. The molecule has 0 unspecified atom stereocenters. The molecular weight excluding hydrogens is 264 g/mol. The predicted octanol–water partition coefficient (Wildman–Crippen LogP) is 1.89. The van der Waals surface area contributed by atoms with E-state index in [1.54, 1.807) is 16.3 Å². The number of thiophene rings is 1. The third-order valence-corrected chi connectivity index (χ3v) is 4.08. The Kier molecular flexibility index (Phi) is 4.79. The lowest BCUT2D eigenvalue weighted by molar-refractivity contribution is -0.134. The molecule has 2 rings (SSSR count). The summed E-state index contributed by atoms with van der Waals surface area (Å²) in [5, 5.41) is 1.72. The summed E-state index contributed by atoms with van der Waals surface area (Å²) in [4.78, 5) is 25.8. The summed E-state index contributed by atoms with van der Waals surface area (Å²) in [6.07, 6.45) is 4.37. The van der Waals surface area contributed by atoms with E-state index in [0.717, 1.165) is 38.8 Å². The van der Waals surface area contributed by atoms with Gasteiger partial charge in [-0.05, 0) is 24.3 Å². The van der Waals surface area contributed by atoms with Crippen molar-refractivity contribution in [3.05, 3.63) is 16.3 Å². The van der Waals surface area contributed by atoms with Crippen molar-refractivity contribution in [3.63, 3.8) is 0 Å². The molecule has 104 valence electrons. The summed E-state index contributed by atoms with van der Waals surface area (Å²) in [5.74, 6) is -0.638. The standard InChI is InChI=1S/C13H18N2O3S/c14-10-5-8-19-12(10)13(17)18-9-11(16)15-6-3-1-2-4-7-15/h5,8H,1-4,6-7,9,14H2. The Morgan fingerprint density at radius 2 is 1.95 bits per heavy atom. The average Bonchev–Trinajstić information content (AvgIpc) is 2.68. The van der Waals surface area contributed by atoms with Crippen LogP contribution in [0.1, 0.15) is 35.4 Å². The van der Waals surface area contributed by atoms with Crippen LogP contribution in [0.15, 0.2) is 11.4 Å². The number of amides is 1. The van der Waals surface area contributed by atoms with Crippen LogP contribution in [-0.2, 0) is 9.53 Å². The molecule has 1 aromatic rings. The van der Waals surface area contributed by atoms with E-state index in [0.29, 0.717) is 10.6 Å². The highest BCUT2D eigenvalue weighted by Crippen LogP contribution is 2.19. The second-order valence-corrected chi connectivity index (χ2v) is 5.49. The summed E-state index contributed by atoms with van der Waals surface area (Å²) < 4.78 is 5.02. The second-order valence-electron chi connectivity index (χ2n) is 4.58. The summed E-state index contributed by atoms with van der Waals surface area (Å²) in [6, 6.07) is 1.65. The Morgan fingerprint density at radius 3 is 2.53 bits per heavy atom. The highest BCUT2D eigenvalue weighted by atomic mass is 32.1. The van der Waals surface area contributed by atoms with Crippen LogP contribution in [0.3, 0.4) is 0 Å². The van der Waals surface area contributed by atoms with Crippen molar-refractivity contribution >= 4 is 28.9 Å². The molecule has 0 bridgehead atoms. The summed E-state index contributed by atoms with van der Waals surface area (Å²) >= 11 is 1.22. The first kappa shape index (κ1) is 13.9. The van der Waals surface area contributed by atoms with E-state index < -0.39 is 5.97 Å². The number of hydrogen-bond acceptors (Lipinski definition) is 5. The van der Waals surface area contributed by atoms with E-state index in [-0.39, 0.29) is 12.5 Å². The van der Waals surface area contributed by atoms with E-state index >= 15 is 0 Å². The number of likely N-dealkylation sites (tertiary alicyclic amines) is 1. The first-order valence-electron chi connectivity index (χ1n) is 6.46. The van der Waals surface area contributed by atoms with Crippen molar-refractivity contribution in [1.82, 2.24) is 4.90 Å². The first-order chi connectivity index (χ1) is 9.18. The molecule has 5 nitrogen and oxygen atoms in total. The van der Waals surface area contributed by atoms with Gasteiger partial charge in [-0.1, -0.05) is 12.8 Å². The minimum absolute atomic E-state index is 0.120. The van der Waals surface area contributed by atoms with Gasteiger partial charge in [0.2, 0.25) is 0 Å². The van der Waals surface area contributed by atoms with Gasteiger partial charge in [0.05, 0.1) is 5.69 Å². The van der Waals surface area contributed by atoms with Gasteiger partial charge in [0.25, 0.3) is 5.91 Å². The van der Waals surface area contributed by atoms with E-state index in [2.05, 4.69) is 0 Å². The van der Waals surface area contributed by atoms with Gasteiger partial charge in [0, 0.05) is 13.1 Å². The van der Waals surface area contributed by atoms with E-state index in [1.165, 1.54) is 11.3 Å². The lowest BCUT2D eigenvalue weighted by atomic mass is 10.2. The fourth-order valence-electron chi connectivity index (χ4n) is 2.09. The number of anilines is 1. The molecule has 1 fully saturated rings. The van der Waals surface area contributed by atoms with Crippen molar-refractivity contribution < 1.29 is 14.3 Å². The molecule has 0 aliphatic carbocycles. The quantitative estimate of drug-likeness (QED) is 0.859. The Morgan fingerprint density at radius 1 is 1.26 bits per heavy atom. The number of nitrogen functional groups attached to an aromatic ring is 1. The smallest absolute Gasteiger partial charge is 0.350 e. The number of ether oxygens (including phenoxy) is 1. The zero-order valence-electron chi connectivity index (χ0n) is 10.8. The van der Waals surface area contributed by atoms with Crippen LogP contribution in [0, 0.1) is 0 Å². The van der Waals surface area contributed by atoms with Gasteiger partial charge in [-0.3, -0.25) is 4.79 Å². The van der Waals surface area contributed by atoms with Gasteiger partial charge in [-0.15, -0.1) is 11.3 Å². The van der Waals surface area contributed by atoms with Gasteiger partial charge in [0.15, 0.2) is 6.61 Å². The third-order valence-electron chi connectivity index (χ3n) is 3.17. The lowest BCUT2D eigenvalue weighted by Gasteiger charge is -2.19. The molecule has 0 radical (unpaired) electrons. The molecule has 1 saturated heterocycles. The minimum Gasteiger partial charge on any atom is -0.451 e. The topological polar surface area (TPSA) is 72.6 Å². The molecule has 1 aromatic heterocycles. The fourth-order valence-corrected chi connectivity index (χ4v) is 2.80. The number of nitrogens with two attached hydrogens (primary N) is 1. The number of carbonyl (C=O) groups excluding carboxylic acids is 2. The maximum Gasteiger partial charge on any atom is 0.350 e. The molecule has 19 heavy (non-hydrogen) atoms. The number of esters is 1. The van der Waals surface area contributed by atoms with E-state index in [4.69, 9.17) is 10.5 Å². The molecule has 2 heterocycles. The van der Waals surface area contributed by atoms with Crippen molar-refractivity contribution in [2.24, 2.45) is 0 Å². The monoisotopic (exact) mass is 282 g/mol. The zero-order valence-corrected chi connectivity index (χ0v) is 11.6. The highest BCUT2D eigenvalue weighted by Gasteiger charge is 2.19. The number of rotatable bonds is 3. The molecule has 0 atom stereocenters. The van der Waals surface area contributed by atoms with Crippen LogP contribution in [-0.4, -0.2) is 36.5 Å². The maximum absolute atomic E-state index is 11.9. The van der Waals surface area contributed by atoms with E-state index in [9.17, 15) is 9.59 Å². The molecule has 0 spiro atoms. The summed E-state index contributed by atoms with van der Waals surface area (Å²) in [6.45, 7) is 1.32. The third kappa shape index (κ3) is 3.70. The van der Waals surface area contributed by atoms with Crippen LogP contribution in [0.4, 0.5) is 5.69 Å². The van der Waals surface area contributed by atoms with Gasteiger partial charge < -0.3 is 15.4 Å². The van der Waals surface area contributed by atoms with Crippen LogP contribution >= 0.6 is 11.3 Å². The Hall–Kier alpha value is -1.56. The highest BCUT2D eigenvalue weighted by molar-refractivity contribution is 7.12. The molecule has 0 saturated carbocycles. The van der Waals surface area contributed by atoms with Gasteiger partial charge >= 0.3 is 5.97 Å². The van der Waals surface area contributed by atoms with Crippen LogP contribution in [0.25, 0.3) is 0 Å². The van der Waals surface area contributed by atoms with Crippen LogP contribution < -0.4 is 5.73 Å². The van der Waals surface area contributed by atoms with Gasteiger partial charge in [-0.2, -0.15) is 0 Å². The molecule has 1 aliphatic rings. The van der Waals surface area contributed by atoms with Crippen molar-refractivity contribution in [2.75, 3.05) is 25.4 Å². The molecular formula is C13H18N2O3S. The molecule has 1 aliphatic heterocycles. The predicted molar refractivity (Wildman–Crippen MR) is 74.1 cm³/mol. The largest absolute Gasteiger partial charge is 0.451 e. The van der Waals surface area contributed by atoms with Crippen LogP contribution in [0.5, 0.6) is 0 Å². The summed E-state index contributed by atoms with van der Waals surface area (Å²) in [5.41, 5.74) is 6.03. The fraction of sp³-hybridized carbons (Fsp3) is 0.538. The van der Waals surface area contributed by atoms with E-state index in [1.807, 2.05) is 0 Å². The maximum atomic E-state index is 11.9. The van der Waals surface area contributed by atoms with Gasteiger partial charge in [-0.25, -0.2) is 4.79 Å². The van der Waals surface area contributed by atoms with Crippen LogP contribution in [0.2, 0.25) is 0 Å². The average molecular weight is 282 g/mol. The molecule has 0 aromatic carbocycles. The molecule has 6 heteroatoms. The van der Waals surface area contributed by atoms with Crippen molar-refractivity contribution in [1.29, 1.82) is 0 Å². The lowest BCUT2D eigenvalue weighted by Crippen LogP contribution is -2.35. The van der Waals surface area contributed by atoms with Crippen molar-refractivity contribution in [2.45, 2.75) is 25.7 Å². The SMILES string of the molecule is Nc1ccsc1C(=O)OCC(=O)N1CCCCCC1. The number of carbonyl (C=O) groups is 2. The number of hydrogen-bond donors (Lipinski definition) is 1. The molecule has 1 amide bonds. The Balaban J connectivity index is 1.83. The second kappa shape index (κ2) is 6.56. The Labute approximate surface area is 116 Å².